The molecule has 0 unspecified atom stereocenters. The zero-order valence-electron chi connectivity index (χ0n) is 15.5. The predicted octanol–water partition coefficient (Wildman–Crippen LogP) is 3.37. The Kier molecular flexibility index (Phi) is 7.76. The number of nitro groups is 1. The molecule has 13 heteroatoms. The van der Waals surface area contributed by atoms with Crippen molar-refractivity contribution in [3.05, 3.63) is 74.8 Å². The van der Waals surface area contributed by atoms with Crippen LogP contribution in [0.4, 0.5) is 18.9 Å². The minimum atomic E-state index is -4.64. The second kappa shape index (κ2) is 9.90. The maximum absolute atomic E-state index is 12.8. The highest BCUT2D eigenvalue weighted by molar-refractivity contribution is 7.89. The fraction of sp³-hybridized carbons (Fsp3) is 0.167. The predicted molar refractivity (Wildman–Crippen MR) is 107 cm³/mol. The van der Waals surface area contributed by atoms with Gasteiger partial charge in [-0.25, -0.2) is 13.1 Å². The van der Waals surface area contributed by atoms with Gasteiger partial charge in [-0.3, -0.25) is 14.9 Å². The van der Waals surface area contributed by atoms with Gasteiger partial charge in [0.2, 0.25) is 15.9 Å². The summed E-state index contributed by atoms with van der Waals surface area (Å²) in [7, 11) is -4.04. The standard InChI is InChI=1S/C18H15ClF3N3O5S/c19-16-6-4-12(10-15(16)18(20,21)22)5-7-17(26)23-8-9-24-31(29,30)14-3-1-2-13(11-14)25(27)28/h1-7,10-11,24H,8-9H2,(H,23,26)/b7-5+. The van der Waals surface area contributed by atoms with Crippen LogP contribution >= 0.6 is 11.6 Å². The summed E-state index contributed by atoms with van der Waals surface area (Å²) in [6.45, 7) is -0.352. The molecule has 0 bridgehead atoms. The summed E-state index contributed by atoms with van der Waals surface area (Å²) in [6, 6.07) is 7.59. The first-order chi connectivity index (χ1) is 14.4. The molecule has 2 N–H and O–H groups in total. The molecule has 2 aromatic carbocycles. The van der Waals surface area contributed by atoms with Gasteiger partial charge in [0.25, 0.3) is 5.69 Å². The van der Waals surface area contributed by atoms with Gasteiger partial charge in [-0.15, -0.1) is 0 Å². The maximum Gasteiger partial charge on any atom is 0.417 e. The summed E-state index contributed by atoms with van der Waals surface area (Å²) in [5.41, 5.74) is -1.33. The van der Waals surface area contributed by atoms with Gasteiger partial charge < -0.3 is 5.32 Å². The summed E-state index contributed by atoms with van der Waals surface area (Å²) in [5.74, 6) is -0.668. The number of sulfonamides is 1. The normalized spacial score (nSPS) is 12.1. The van der Waals surface area contributed by atoms with E-state index in [4.69, 9.17) is 11.6 Å². The van der Waals surface area contributed by atoms with Crippen LogP contribution in [0.3, 0.4) is 0 Å². The van der Waals surface area contributed by atoms with Crippen LogP contribution in [-0.2, 0) is 21.0 Å². The fourth-order valence-corrected chi connectivity index (χ4v) is 3.61. The quantitative estimate of drug-likeness (QED) is 0.261. The van der Waals surface area contributed by atoms with Gasteiger partial charge >= 0.3 is 6.18 Å². The summed E-state index contributed by atoms with van der Waals surface area (Å²) in [6.07, 6.45) is -2.51. The molecule has 0 aliphatic carbocycles. The molecule has 0 aromatic heterocycles. The summed E-state index contributed by atoms with van der Waals surface area (Å²) in [5, 5.41) is 12.6. The minimum Gasteiger partial charge on any atom is -0.351 e. The Morgan fingerprint density at radius 3 is 2.52 bits per heavy atom. The van der Waals surface area contributed by atoms with Crippen LogP contribution in [-0.4, -0.2) is 32.3 Å². The summed E-state index contributed by atoms with van der Waals surface area (Å²) < 4.78 is 65.0. The number of nitrogens with one attached hydrogen (secondary N) is 2. The topological polar surface area (TPSA) is 118 Å². The molecular weight excluding hydrogens is 463 g/mol. The molecule has 0 heterocycles. The van der Waals surface area contributed by atoms with E-state index in [9.17, 15) is 36.5 Å². The molecule has 2 rings (SSSR count). The highest BCUT2D eigenvalue weighted by Crippen LogP contribution is 2.35. The average Bonchev–Trinajstić information content (AvgIpc) is 2.70. The highest BCUT2D eigenvalue weighted by Gasteiger charge is 2.33. The van der Waals surface area contributed by atoms with Gasteiger partial charge in [0.15, 0.2) is 0 Å². The van der Waals surface area contributed by atoms with Crippen molar-refractivity contribution in [3.8, 4) is 0 Å². The Morgan fingerprint density at radius 2 is 1.87 bits per heavy atom. The highest BCUT2D eigenvalue weighted by atomic mass is 35.5. The van der Waals surface area contributed by atoms with Crippen LogP contribution in [0.2, 0.25) is 5.02 Å². The maximum atomic E-state index is 12.8. The number of rotatable bonds is 8. The number of halogens is 4. The largest absolute Gasteiger partial charge is 0.417 e. The van der Waals surface area contributed by atoms with Crippen LogP contribution in [0.1, 0.15) is 11.1 Å². The molecule has 31 heavy (non-hydrogen) atoms. The Bertz CT molecular complexity index is 1120. The van der Waals surface area contributed by atoms with E-state index in [1.807, 2.05) is 0 Å². The number of nitrogens with zero attached hydrogens (tertiary/aromatic N) is 1. The first kappa shape index (κ1) is 24.3. The zero-order valence-corrected chi connectivity index (χ0v) is 17.1. The van der Waals surface area contributed by atoms with Gasteiger partial charge in [0.1, 0.15) is 0 Å². The van der Waals surface area contributed by atoms with E-state index in [0.29, 0.717) is 0 Å². The van der Waals surface area contributed by atoms with Crippen molar-refractivity contribution >= 4 is 39.3 Å². The summed E-state index contributed by atoms with van der Waals surface area (Å²) in [4.78, 5) is 21.5. The van der Waals surface area contributed by atoms with E-state index in [0.717, 1.165) is 36.4 Å². The van der Waals surface area contributed by atoms with Gasteiger partial charge in [0, 0.05) is 31.3 Å². The third kappa shape index (κ3) is 7.05. The van der Waals surface area contributed by atoms with E-state index in [1.165, 1.54) is 18.2 Å². The molecule has 0 aliphatic rings. The first-order valence-electron chi connectivity index (χ1n) is 8.47. The van der Waals surface area contributed by atoms with Crippen molar-refractivity contribution in [2.45, 2.75) is 11.1 Å². The number of carbonyl (C=O) groups excluding carboxylic acids is 1. The third-order valence-electron chi connectivity index (χ3n) is 3.78. The van der Waals surface area contributed by atoms with Crippen molar-refractivity contribution in [1.29, 1.82) is 0 Å². The number of non-ortho nitro benzene ring substituents is 1. The Hall–Kier alpha value is -2.96. The zero-order chi connectivity index (χ0) is 23.2. The molecule has 0 radical (unpaired) electrons. The molecule has 8 nitrogen and oxygen atoms in total. The smallest absolute Gasteiger partial charge is 0.351 e. The van der Waals surface area contributed by atoms with Crippen molar-refractivity contribution in [1.82, 2.24) is 10.0 Å². The van der Waals surface area contributed by atoms with Crippen molar-refractivity contribution < 1.29 is 31.3 Å². The molecule has 1 amide bonds. The lowest BCUT2D eigenvalue weighted by atomic mass is 10.1. The Morgan fingerprint density at radius 1 is 1.16 bits per heavy atom. The van der Waals surface area contributed by atoms with Crippen LogP contribution in [0.15, 0.2) is 53.4 Å². The molecule has 0 spiro atoms. The van der Waals surface area contributed by atoms with E-state index in [1.54, 1.807) is 0 Å². The van der Waals surface area contributed by atoms with Gasteiger partial charge in [-0.05, 0) is 29.8 Å². The monoisotopic (exact) mass is 477 g/mol. The Balaban J connectivity index is 1.90. The van der Waals surface area contributed by atoms with Crippen LogP contribution in [0.25, 0.3) is 6.08 Å². The molecule has 0 aliphatic heterocycles. The van der Waals surface area contributed by atoms with E-state index in [2.05, 4.69) is 10.0 Å². The first-order valence-corrected chi connectivity index (χ1v) is 10.3. The molecule has 2 aromatic rings. The molecule has 0 saturated heterocycles. The lowest BCUT2D eigenvalue weighted by Gasteiger charge is -2.09. The van der Waals surface area contributed by atoms with Crippen LogP contribution in [0.5, 0.6) is 0 Å². The number of benzene rings is 2. The number of nitro benzene ring substituents is 1. The lowest BCUT2D eigenvalue weighted by molar-refractivity contribution is -0.385. The molecule has 166 valence electrons. The Labute approximate surface area is 179 Å². The third-order valence-corrected chi connectivity index (χ3v) is 5.57. The number of carbonyl (C=O) groups is 1. The SMILES string of the molecule is O=C(/C=C/c1ccc(Cl)c(C(F)(F)F)c1)NCCNS(=O)(=O)c1cccc([N+](=O)[O-])c1. The molecule has 0 fully saturated rings. The minimum absolute atomic E-state index is 0.0956. The van der Waals surface area contributed by atoms with Gasteiger partial charge in [0.05, 0.1) is 20.4 Å². The fourth-order valence-electron chi connectivity index (χ4n) is 2.31. The van der Waals surface area contributed by atoms with E-state index >= 15 is 0 Å². The van der Waals surface area contributed by atoms with Crippen molar-refractivity contribution in [2.75, 3.05) is 13.1 Å². The number of alkyl halides is 3. The van der Waals surface area contributed by atoms with Gasteiger partial charge in [-0.1, -0.05) is 23.7 Å². The van der Waals surface area contributed by atoms with E-state index < -0.39 is 43.3 Å². The number of amides is 1. The number of hydrogen-bond donors (Lipinski definition) is 2. The molecular formula is C18H15ClF3N3O5S. The van der Waals surface area contributed by atoms with Crippen molar-refractivity contribution in [2.24, 2.45) is 0 Å². The lowest BCUT2D eigenvalue weighted by Crippen LogP contribution is -2.34. The van der Waals surface area contributed by atoms with Crippen molar-refractivity contribution in [3.63, 3.8) is 0 Å². The average molecular weight is 478 g/mol. The molecule has 0 atom stereocenters. The second-order valence-electron chi connectivity index (χ2n) is 6.01. The van der Waals surface area contributed by atoms with Crippen LogP contribution in [0, 0.1) is 10.1 Å². The van der Waals surface area contributed by atoms with Gasteiger partial charge in [-0.2, -0.15) is 13.2 Å². The number of hydrogen-bond acceptors (Lipinski definition) is 5. The van der Waals surface area contributed by atoms with Crippen LogP contribution < -0.4 is 10.0 Å². The second-order valence-corrected chi connectivity index (χ2v) is 8.19. The summed E-state index contributed by atoms with van der Waals surface area (Å²) >= 11 is 5.52. The molecule has 0 saturated carbocycles. The van der Waals surface area contributed by atoms with E-state index in [-0.39, 0.29) is 23.5 Å².